The molecular weight excluding hydrogens is 268 g/mol. The molecule has 1 aliphatic rings. The van der Waals surface area contributed by atoms with Crippen molar-refractivity contribution >= 4 is 15.9 Å². The van der Waals surface area contributed by atoms with Gasteiger partial charge >= 0.3 is 0 Å². The highest BCUT2D eigenvalue weighted by atomic mass is 79.9. The summed E-state index contributed by atoms with van der Waals surface area (Å²) in [4.78, 5) is 2.35. The molecule has 0 saturated carbocycles. The van der Waals surface area contributed by atoms with E-state index in [2.05, 4.69) is 27.9 Å². The predicted octanol–water partition coefficient (Wildman–Crippen LogP) is 2.44. The van der Waals surface area contributed by atoms with Crippen molar-refractivity contribution in [2.45, 2.75) is 18.9 Å². The van der Waals surface area contributed by atoms with Crippen LogP contribution in [-0.4, -0.2) is 31.1 Å². The lowest BCUT2D eigenvalue weighted by Crippen LogP contribution is -2.35. The van der Waals surface area contributed by atoms with E-state index in [1.54, 1.807) is 0 Å². The average molecular weight is 284 g/mol. The Kier molecular flexibility index (Phi) is 5.25. The zero-order chi connectivity index (χ0) is 10.7. The number of halogens is 1. The van der Waals surface area contributed by atoms with E-state index in [1.165, 1.54) is 0 Å². The third-order valence-corrected chi connectivity index (χ3v) is 3.26. The molecule has 87 valence electrons. The molecule has 1 saturated heterocycles. The largest absolute Gasteiger partial charge is 0.490 e. The third-order valence-electron chi connectivity index (χ3n) is 2.76. The maximum atomic E-state index is 5.93. The van der Waals surface area contributed by atoms with Crippen molar-refractivity contribution in [2.75, 3.05) is 20.1 Å². The van der Waals surface area contributed by atoms with Crippen molar-refractivity contribution in [1.29, 1.82) is 0 Å². The zero-order valence-corrected chi connectivity index (χ0v) is 11.0. The number of rotatable bonds is 2. The van der Waals surface area contributed by atoms with Crippen LogP contribution in [0.4, 0.5) is 0 Å². The van der Waals surface area contributed by atoms with Crippen LogP contribution in [0.3, 0.4) is 0 Å². The number of ether oxygens (including phenoxy) is 1. The van der Waals surface area contributed by atoms with Crippen molar-refractivity contribution in [3.8, 4) is 5.75 Å². The first-order valence-electron chi connectivity index (χ1n) is 5.35. The van der Waals surface area contributed by atoms with Crippen molar-refractivity contribution < 1.29 is 4.74 Å². The number of likely N-dealkylation sites (tertiary alicyclic amines) is 1. The van der Waals surface area contributed by atoms with Crippen molar-refractivity contribution in [2.24, 2.45) is 0 Å². The highest BCUT2D eigenvalue weighted by Crippen LogP contribution is 2.21. The number of hydrogen-bond donors (Lipinski definition) is 0. The topological polar surface area (TPSA) is 43.0 Å². The lowest BCUT2D eigenvalue weighted by molar-refractivity contribution is 0.114. The van der Waals surface area contributed by atoms with Gasteiger partial charge in [-0.1, -0.05) is 22.0 Å². The fourth-order valence-corrected chi connectivity index (χ4v) is 2.21. The lowest BCUT2D eigenvalue weighted by atomic mass is 10.1. The molecular formula is C12H16BrN2O. The molecule has 0 bridgehead atoms. The molecule has 0 spiro atoms. The Bertz CT molecular complexity index is 325. The van der Waals surface area contributed by atoms with Crippen molar-refractivity contribution in [3.05, 3.63) is 28.7 Å². The lowest BCUT2D eigenvalue weighted by Gasteiger charge is -2.29. The molecule has 0 unspecified atom stereocenters. The van der Waals surface area contributed by atoms with Gasteiger partial charge < -0.3 is 9.64 Å². The monoisotopic (exact) mass is 283 g/mol. The van der Waals surface area contributed by atoms with E-state index in [0.717, 1.165) is 36.2 Å². The van der Waals surface area contributed by atoms with Crippen LogP contribution in [0.2, 0.25) is 0 Å². The molecule has 0 aromatic heterocycles. The Hall–Kier alpha value is -0.580. The van der Waals surface area contributed by atoms with Crippen LogP contribution < -0.4 is 10.9 Å². The van der Waals surface area contributed by atoms with Gasteiger partial charge in [-0.25, -0.2) is 0 Å². The summed E-state index contributed by atoms with van der Waals surface area (Å²) in [5, 5.41) is 0. The summed E-state index contributed by atoms with van der Waals surface area (Å²) in [6.07, 6.45) is 2.64. The molecule has 1 aliphatic heterocycles. The Morgan fingerprint density at radius 1 is 1.31 bits per heavy atom. The predicted molar refractivity (Wildman–Crippen MR) is 67.4 cm³/mol. The minimum atomic E-state index is 0. The van der Waals surface area contributed by atoms with Crippen molar-refractivity contribution in [3.63, 3.8) is 0 Å². The highest BCUT2D eigenvalue weighted by molar-refractivity contribution is 9.10. The van der Waals surface area contributed by atoms with Gasteiger partial charge in [0.2, 0.25) is 0 Å². The van der Waals surface area contributed by atoms with Gasteiger partial charge in [-0.2, -0.15) is 0 Å². The number of hydrogen-bond acceptors (Lipinski definition) is 2. The van der Waals surface area contributed by atoms with Gasteiger partial charge in [0.05, 0.1) is 0 Å². The summed E-state index contributed by atoms with van der Waals surface area (Å²) in [7, 11) is 2.16. The first-order valence-corrected chi connectivity index (χ1v) is 6.14. The molecule has 3 nitrogen and oxygen atoms in total. The van der Waals surface area contributed by atoms with Crippen LogP contribution in [0.1, 0.15) is 12.8 Å². The van der Waals surface area contributed by atoms with Gasteiger partial charge in [0, 0.05) is 23.7 Å². The van der Waals surface area contributed by atoms with Crippen molar-refractivity contribution in [1.82, 2.24) is 11.1 Å². The first-order chi connectivity index (χ1) is 7.24. The first kappa shape index (κ1) is 13.5. The average Bonchev–Trinajstić information content (AvgIpc) is 2.22. The molecule has 0 N–H and O–H groups in total. The van der Waals surface area contributed by atoms with Gasteiger partial charge in [0.25, 0.3) is 0 Å². The minimum absolute atomic E-state index is 0. The van der Waals surface area contributed by atoms with E-state index in [1.807, 2.05) is 24.3 Å². The van der Waals surface area contributed by atoms with E-state index in [-0.39, 0.29) is 6.15 Å². The minimum Gasteiger partial charge on any atom is -0.490 e. The summed E-state index contributed by atoms with van der Waals surface area (Å²) in [6, 6.07) is 8.07. The maximum Gasteiger partial charge on any atom is 0.120 e. The fraction of sp³-hybridized carbons (Fsp3) is 0.500. The molecule has 0 atom stereocenters. The molecule has 1 fully saturated rings. The molecule has 0 aliphatic carbocycles. The SMILES string of the molecule is CN1CCC(Oc2cccc(Br)c2)CC1.[N]. The third kappa shape index (κ3) is 3.77. The summed E-state index contributed by atoms with van der Waals surface area (Å²) < 4.78 is 7.00. The molecule has 1 aromatic carbocycles. The Morgan fingerprint density at radius 3 is 2.62 bits per heavy atom. The standard InChI is InChI=1S/C12H16BrNO.N/c1-14-7-5-11(6-8-14)15-12-4-2-3-10(13)9-12;/h2-4,9,11H,5-8H2,1H3;. The van der Waals surface area contributed by atoms with Crippen LogP contribution in [0, 0.1) is 0 Å². The quantitative estimate of drug-likeness (QED) is 0.837. The fourth-order valence-electron chi connectivity index (χ4n) is 1.84. The smallest absolute Gasteiger partial charge is 0.120 e. The summed E-state index contributed by atoms with van der Waals surface area (Å²) in [5.74, 6) is 0.971. The number of piperidine rings is 1. The molecule has 1 heterocycles. The Morgan fingerprint density at radius 2 is 2.00 bits per heavy atom. The molecule has 2 rings (SSSR count). The van der Waals surface area contributed by atoms with E-state index in [4.69, 9.17) is 4.74 Å². The van der Waals surface area contributed by atoms with Gasteiger partial charge in [-0.15, -0.1) is 0 Å². The molecule has 1 aromatic rings. The van der Waals surface area contributed by atoms with E-state index < -0.39 is 0 Å². The second-order valence-corrected chi connectivity index (χ2v) is 4.99. The molecule has 3 radical (unpaired) electrons. The zero-order valence-electron chi connectivity index (χ0n) is 9.40. The van der Waals surface area contributed by atoms with Gasteiger partial charge in [0.1, 0.15) is 11.9 Å². The molecule has 4 heteroatoms. The second kappa shape index (κ2) is 6.23. The Balaban J connectivity index is 0.00000128. The highest BCUT2D eigenvalue weighted by Gasteiger charge is 2.17. The Labute approximate surface area is 105 Å². The summed E-state index contributed by atoms with van der Waals surface area (Å²) in [5.41, 5.74) is 0. The van der Waals surface area contributed by atoms with Gasteiger partial charge in [-0.3, -0.25) is 0 Å². The van der Waals surface area contributed by atoms with E-state index in [9.17, 15) is 0 Å². The van der Waals surface area contributed by atoms with E-state index >= 15 is 0 Å². The summed E-state index contributed by atoms with van der Waals surface area (Å²) >= 11 is 3.45. The molecule has 0 amide bonds. The second-order valence-electron chi connectivity index (χ2n) is 4.08. The van der Waals surface area contributed by atoms with Crippen LogP contribution >= 0.6 is 15.9 Å². The van der Waals surface area contributed by atoms with Crippen LogP contribution in [-0.2, 0) is 0 Å². The maximum absolute atomic E-state index is 5.93. The number of benzene rings is 1. The van der Waals surface area contributed by atoms with Crippen LogP contribution in [0.5, 0.6) is 5.75 Å². The van der Waals surface area contributed by atoms with Crippen LogP contribution in [0.25, 0.3) is 0 Å². The normalized spacial score (nSPS) is 17.9. The van der Waals surface area contributed by atoms with Crippen LogP contribution in [0.15, 0.2) is 28.7 Å². The molecule has 16 heavy (non-hydrogen) atoms. The number of nitrogens with zero attached hydrogens (tertiary/aromatic N) is 2. The van der Waals surface area contributed by atoms with Gasteiger partial charge in [-0.05, 0) is 38.1 Å². The summed E-state index contributed by atoms with van der Waals surface area (Å²) in [6.45, 7) is 2.28. The van der Waals surface area contributed by atoms with E-state index in [0.29, 0.717) is 6.10 Å². The van der Waals surface area contributed by atoms with Gasteiger partial charge in [0.15, 0.2) is 0 Å².